The Kier molecular flexibility index (Phi) is 2.94. The van der Waals surface area contributed by atoms with Crippen LogP contribution < -0.4 is 5.32 Å². The second-order valence-electron chi connectivity index (χ2n) is 4.31. The summed E-state index contributed by atoms with van der Waals surface area (Å²) in [6.45, 7) is 0.647. The Morgan fingerprint density at radius 2 is 2.29 bits per heavy atom. The number of hydrogen-bond donors (Lipinski definition) is 1. The predicted molar refractivity (Wildman–Crippen MR) is 67.0 cm³/mol. The molecule has 0 atom stereocenters. The van der Waals surface area contributed by atoms with Gasteiger partial charge in [0.1, 0.15) is 0 Å². The van der Waals surface area contributed by atoms with Gasteiger partial charge in [-0.05, 0) is 44.4 Å². The highest BCUT2D eigenvalue weighted by atomic mass is 32.1. The van der Waals surface area contributed by atoms with Crippen molar-refractivity contribution in [1.82, 2.24) is 15.5 Å². The minimum absolute atomic E-state index is 0.647. The Hall–Kier alpha value is -1.20. The highest BCUT2D eigenvalue weighted by Crippen LogP contribution is 2.34. The van der Waals surface area contributed by atoms with Gasteiger partial charge in [0.25, 0.3) is 5.89 Å². The number of nitrogens with one attached hydrogen (secondary N) is 1. The molecular weight excluding hydrogens is 234 g/mol. The van der Waals surface area contributed by atoms with Crippen LogP contribution in [0.1, 0.15) is 29.1 Å². The Balaban J connectivity index is 1.89. The van der Waals surface area contributed by atoms with Gasteiger partial charge in [-0.2, -0.15) is 4.98 Å². The summed E-state index contributed by atoms with van der Waals surface area (Å²) in [5.74, 6) is 1.38. The monoisotopic (exact) mass is 249 g/mol. The van der Waals surface area contributed by atoms with Gasteiger partial charge in [0.2, 0.25) is 0 Å². The molecule has 5 heteroatoms. The molecule has 2 heterocycles. The van der Waals surface area contributed by atoms with E-state index in [1.54, 1.807) is 11.3 Å². The van der Waals surface area contributed by atoms with Crippen molar-refractivity contribution in [3.05, 3.63) is 22.3 Å². The molecule has 2 aromatic heterocycles. The molecule has 0 aliphatic heterocycles. The Morgan fingerprint density at radius 3 is 3.12 bits per heavy atom. The van der Waals surface area contributed by atoms with Crippen LogP contribution in [0.5, 0.6) is 0 Å². The van der Waals surface area contributed by atoms with Gasteiger partial charge in [0, 0.05) is 4.88 Å². The molecule has 1 N–H and O–H groups in total. The van der Waals surface area contributed by atoms with E-state index in [2.05, 4.69) is 21.5 Å². The summed E-state index contributed by atoms with van der Waals surface area (Å²) in [6.07, 6.45) is 5.01. The summed E-state index contributed by atoms with van der Waals surface area (Å²) in [7, 11) is 1.87. The van der Waals surface area contributed by atoms with E-state index in [-0.39, 0.29) is 0 Å². The molecule has 0 radical (unpaired) electrons. The number of rotatable bonds is 3. The SMILES string of the molecule is CNCc1noc(-c2cc3c(s2)CCCC3)n1. The second kappa shape index (κ2) is 4.58. The number of nitrogens with zero attached hydrogens (tertiary/aromatic N) is 2. The molecular formula is C12H15N3OS. The first-order valence-electron chi connectivity index (χ1n) is 5.96. The topological polar surface area (TPSA) is 51.0 Å². The van der Waals surface area contributed by atoms with E-state index in [4.69, 9.17) is 4.52 Å². The summed E-state index contributed by atoms with van der Waals surface area (Å²) in [5, 5.41) is 6.96. The Labute approximate surface area is 104 Å². The van der Waals surface area contributed by atoms with Crippen LogP contribution in [0.2, 0.25) is 0 Å². The third kappa shape index (κ3) is 2.12. The summed E-state index contributed by atoms with van der Waals surface area (Å²) in [5.41, 5.74) is 1.48. The quantitative estimate of drug-likeness (QED) is 0.907. The highest BCUT2D eigenvalue weighted by Gasteiger charge is 2.17. The predicted octanol–water partition coefficient (Wildman–Crippen LogP) is 2.40. The summed E-state index contributed by atoms with van der Waals surface area (Å²) >= 11 is 1.80. The van der Waals surface area contributed by atoms with Gasteiger partial charge in [-0.1, -0.05) is 5.16 Å². The fourth-order valence-electron chi connectivity index (χ4n) is 2.18. The van der Waals surface area contributed by atoms with Gasteiger partial charge in [-0.15, -0.1) is 11.3 Å². The maximum Gasteiger partial charge on any atom is 0.268 e. The molecule has 0 fully saturated rings. The fourth-order valence-corrected chi connectivity index (χ4v) is 3.36. The van der Waals surface area contributed by atoms with Crippen molar-refractivity contribution in [2.24, 2.45) is 0 Å². The maximum absolute atomic E-state index is 5.29. The van der Waals surface area contributed by atoms with Gasteiger partial charge >= 0.3 is 0 Å². The van der Waals surface area contributed by atoms with Gasteiger partial charge in [0.05, 0.1) is 11.4 Å². The van der Waals surface area contributed by atoms with E-state index in [1.807, 2.05) is 7.05 Å². The summed E-state index contributed by atoms with van der Waals surface area (Å²) < 4.78 is 5.29. The molecule has 0 saturated carbocycles. The number of aromatic nitrogens is 2. The third-order valence-corrected chi connectivity index (χ3v) is 4.24. The van der Waals surface area contributed by atoms with Crippen molar-refractivity contribution < 1.29 is 4.52 Å². The Morgan fingerprint density at radius 1 is 1.41 bits per heavy atom. The van der Waals surface area contributed by atoms with E-state index < -0.39 is 0 Å². The molecule has 1 aliphatic rings. The van der Waals surface area contributed by atoms with Crippen molar-refractivity contribution in [2.75, 3.05) is 7.05 Å². The zero-order valence-corrected chi connectivity index (χ0v) is 10.6. The van der Waals surface area contributed by atoms with Crippen LogP contribution in [-0.4, -0.2) is 17.2 Å². The van der Waals surface area contributed by atoms with Crippen LogP contribution in [0, 0.1) is 0 Å². The molecule has 1 aliphatic carbocycles. The van der Waals surface area contributed by atoms with Gasteiger partial charge in [-0.25, -0.2) is 0 Å². The van der Waals surface area contributed by atoms with Gasteiger partial charge in [0.15, 0.2) is 5.82 Å². The molecule has 0 unspecified atom stereocenters. The lowest BCUT2D eigenvalue weighted by molar-refractivity contribution is 0.421. The molecule has 0 spiro atoms. The van der Waals surface area contributed by atoms with E-state index in [0.29, 0.717) is 18.3 Å². The van der Waals surface area contributed by atoms with Crippen LogP contribution in [-0.2, 0) is 19.4 Å². The largest absolute Gasteiger partial charge is 0.333 e. The smallest absolute Gasteiger partial charge is 0.268 e. The number of aryl methyl sites for hydroxylation is 2. The first-order chi connectivity index (χ1) is 8.36. The van der Waals surface area contributed by atoms with Crippen LogP contribution in [0.3, 0.4) is 0 Å². The number of thiophene rings is 1. The molecule has 0 aromatic carbocycles. The van der Waals surface area contributed by atoms with E-state index in [1.165, 1.54) is 36.1 Å². The van der Waals surface area contributed by atoms with Crippen molar-refractivity contribution >= 4 is 11.3 Å². The Bertz CT molecular complexity index is 494. The summed E-state index contributed by atoms with van der Waals surface area (Å²) in [4.78, 5) is 7.00. The van der Waals surface area contributed by atoms with Crippen LogP contribution in [0.15, 0.2) is 10.6 Å². The average Bonchev–Trinajstić information content (AvgIpc) is 2.94. The minimum Gasteiger partial charge on any atom is -0.333 e. The highest BCUT2D eigenvalue weighted by molar-refractivity contribution is 7.15. The molecule has 0 bridgehead atoms. The lowest BCUT2D eigenvalue weighted by atomic mass is 9.99. The number of fused-ring (bicyclic) bond motifs is 1. The first kappa shape index (κ1) is 10.9. The lowest BCUT2D eigenvalue weighted by Gasteiger charge is -2.08. The van der Waals surface area contributed by atoms with Crippen molar-refractivity contribution in [3.8, 4) is 10.8 Å². The van der Waals surface area contributed by atoms with E-state index in [0.717, 1.165) is 4.88 Å². The summed E-state index contributed by atoms with van der Waals surface area (Å²) in [6, 6.07) is 2.22. The molecule has 4 nitrogen and oxygen atoms in total. The molecule has 3 rings (SSSR count). The molecule has 17 heavy (non-hydrogen) atoms. The molecule has 0 amide bonds. The zero-order valence-electron chi connectivity index (χ0n) is 9.82. The van der Waals surface area contributed by atoms with Gasteiger partial charge < -0.3 is 9.84 Å². The average molecular weight is 249 g/mol. The normalized spacial score (nSPS) is 14.9. The maximum atomic E-state index is 5.29. The number of hydrogen-bond acceptors (Lipinski definition) is 5. The molecule has 0 saturated heterocycles. The molecule has 2 aromatic rings. The fraction of sp³-hybridized carbons (Fsp3) is 0.500. The van der Waals surface area contributed by atoms with Crippen LogP contribution >= 0.6 is 11.3 Å². The van der Waals surface area contributed by atoms with E-state index >= 15 is 0 Å². The van der Waals surface area contributed by atoms with Crippen molar-refractivity contribution in [3.63, 3.8) is 0 Å². The van der Waals surface area contributed by atoms with Crippen molar-refractivity contribution in [2.45, 2.75) is 32.2 Å². The van der Waals surface area contributed by atoms with Gasteiger partial charge in [-0.3, -0.25) is 0 Å². The first-order valence-corrected chi connectivity index (χ1v) is 6.77. The second-order valence-corrected chi connectivity index (χ2v) is 5.45. The van der Waals surface area contributed by atoms with Crippen molar-refractivity contribution in [1.29, 1.82) is 0 Å². The standard InChI is InChI=1S/C12H15N3OS/c1-13-7-11-14-12(16-15-11)10-6-8-4-2-3-5-9(8)17-10/h6,13H,2-5,7H2,1H3. The molecule has 90 valence electrons. The van der Waals surface area contributed by atoms with Crippen LogP contribution in [0.4, 0.5) is 0 Å². The minimum atomic E-state index is 0.647. The zero-order chi connectivity index (χ0) is 11.7. The third-order valence-electron chi connectivity index (χ3n) is 3.01. The van der Waals surface area contributed by atoms with Crippen LogP contribution in [0.25, 0.3) is 10.8 Å². The lowest BCUT2D eigenvalue weighted by Crippen LogP contribution is -2.06. The van der Waals surface area contributed by atoms with E-state index in [9.17, 15) is 0 Å².